The summed E-state index contributed by atoms with van der Waals surface area (Å²) >= 11 is 1.79. The first-order chi connectivity index (χ1) is 10.4. The Morgan fingerprint density at radius 2 is 1.91 bits per heavy atom. The van der Waals surface area contributed by atoms with Crippen LogP contribution in [0.3, 0.4) is 0 Å². The number of thioether (sulfide) groups is 1. The second-order valence-electron chi connectivity index (χ2n) is 6.32. The molecule has 0 spiro atoms. The normalized spacial score (nSPS) is 14.7. The quantitative estimate of drug-likeness (QED) is 0.266. The largest absolute Gasteiger partial charge is 0.444 e. The number of halogens is 1. The highest BCUT2D eigenvalue weighted by atomic mass is 127. The molecule has 1 aliphatic carbocycles. The summed E-state index contributed by atoms with van der Waals surface area (Å²) in [5, 5.41) is 6.48. The van der Waals surface area contributed by atoms with Crippen LogP contribution in [0.25, 0.3) is 0 Å². The summed E-state index contributed by atoms with van der Waals surface area (Å²) in [6.45, 7) is 7.85. The number of aliphatic imine (C=N–C) groups is 1. The molecule has 0 unspecified atom stereocenters. The van der Waals surface area contributed by atoms with Gasteiger partial charge in [-0.1, -0.05) is 0 Å². The van der Waals surface area contributed by atoms with Gasteiger partial charge in [-0.3, -0.25) is 4.99 Å². The maximum absolute atomic E-state index is 12.2. The predicted molar refractivity (Wildman–Crippen MR) is 109 cm³/mol. The van der Waals surface area contributed by atoms with Gasteiger partial charge in [0.1, 0.15) is 5.60 Å². The summed E-state index contributed by atoms with van der Waals surface area (Å²) in [5.41, 5.74) is -0.451. The first-order valence-electron chi connectivity index (χ1n) is 7.80. The Hall–Kier alpha value is -0.380. The molecular formula is C15H31IN4O2S. The highest BCUT2D eigenvalue weighted by molar-refractivity contribution is 14.0. The molecule has 1 fully saturated rings. The molecule has 0 aliphatic heterocycles. The van der Waals surface area contributed by atoms with Crippen LogP contribution in [0.5, 0.6) is 0 Å². The van der Waals surface area contributed by atoms with Crippen LogP contribution in [0, 0.1) is 0 Å². The first-order valence-corrected chi connectivity index (χ1v) is 9.20. The Morgan fingerprint density at radius 1 is 1.30 bits per heavy atom. The van der Waals surface area contributed by atoms with Gasteiger partial charge in [0.15, 0.2) is 5.96 Å². The van der Waals surface area contributed by atoms with E-state index in [4.69, 9.17) is 4.74 Å². The number of hydrogen-bond donors (Lipinski definition) is 2. The summed E-state index contributed by atoms with van der Waals surface area (Å²) in [5.74, 6) is 1.81. The molecule has 0 atom stereocenters. The van der Waals surface area contributed by atoms with E-state index in [2.05, 4.69) is 21.9 Å². The Kier molecular flexibility index (Phi) is 11.0. The van der Waals surface area contributed by atoms with Gasteiger partial charge in [0.2, 0.25) is 0 Å². The zero-order valence-electron chi connectivity index (χ0n) is 14.8. The molecule has 23 heavy (non-hydrogen) atoms. The highest BCUT2D eigenvalue weighted by Crippen LogP contribution is 2.27. The third-order valence-electron chi connectivity index (χ3n) is 3.08. The van der Waals surface area contributed by atoms with Crippen LogP contribution in [-0.2, 0) is 4.74 Å². The van der Waals surface area contributed by atoms with E-state index in [-0.39, 0.29) is 30.1 Å². The van der Waals surface area contributed by atoms with Gasteiger partial charge in [0.05, 0.1) is 0 Å². The number of amides is 1. The molecule has 8 heteroatoms. The lowest BCUT2D eigenvalue weighted by Gasteiger charge is -2.27. The molecular weight excluding hydrogens is 427 g/mol. The van der Waals surface area contributed by atoms with Crippen molar-refractivity contribution in [1.82, 2.24) is 15.5 Å². The summed E-state index contributed by atoms with van der Waals surface area (Å²) in [7, 11) is 1.75. The first kappa shape index (κ1) is 22.6. The van der Waals surface area contributed by atoms with Gasteiger partial charge < -0.3 is 20.3 Å². The minimum absolute atomic E-state index is 0. The van der Waals surface area contributed by atoms with Crippen LogP contribution in [0.4, 0.5) is 4.79 Å². The fourth-order valence-corrected chi connectivity index (χ4v) is 2.22. The summed E-state index contributed by atoms with van der Waals surface area (Å²) in [4.78, 5) is 18.2. The fourth-order valence-electron chi connectivity index (χ4n) is 1.92. The van der Waals surface area contributed by atoms with Crippen LogP contribution >= 0.6 is 35.7 Å². The lowest BCUT2D eigenvalue weighted by Crippen LogP contribution is -2.45. The third-order valence-corrected chi connectivity index (χ3v) is 3.70. The van der Waals surface area contributed by atoms with E-state index in [1.54, 1.807) is 18.8 Å². The molecule has 2 N–H and O–H groups in total. The maximum atomic E-state index is 12.2. The van der Waals surface area contributed by atoms with Crippen LogP contribution in [0.2, 0.25) is 0 Å². The molecule has 1 rings (SSSR count). The molecule has 136 valence electrons. The monoisotopic (exact) mass is 458 g/mol. The number of nitrogens with one attached hydrogen (secondary N) is 2. The number of carbonyl (C=O) groups is 1. The van der Waals surface area contributed by atoms with E-state index < -0.39 is 5.60 Å². The van der Waals surface area contributed by atoms with Crippen LogP contribution in [-0.4, -0.2) is 67.3 Å². The van der Waals surface area contributed by atoms with Crippen molar-refractivity contribution in [2.75, 3.05) is 38.7 Å². The Bertz CT molecular complexity index is 384. The number of rotatable bonds is 7. The van der Waals surface area contributed by atoms with Crippen molar-refractivity contribution in [2.24, 2.45) is 4.99 Å². The molecule has 0 bridgehead atoms. The topological polar surface area (TPSA) is 66.0 Å². The molecule has 0 aromatic rings. The molecule has 0 saturated heterocycles. The minimum atomic E-state index is -0.451. The number of nitrogens with zero attached hydrogens (tertiary/aromatic N) is 2. The average molecular weight is 458 g/mol. The minimum Gasteiger partial charge on any atom is -0.444 e. The summed E-state index contributed by atoms with van der Waals surface area (Å²) in [6, 6.07) is 0.336. The van der Waals surface area contributed by atoms with Crippen LogP contribution in [0.15, 0.2) is 4.99 Å². The van der Waals surface area contributed by atoms with E-state index in [1.165, 1.54) is 0 Å². The van der Waals surface area contributed by atoms with Crippen molar-refractivity contribution in [3.8, 4) is 0 Å². The second kappa shape index (κ2) is 11.2. The van der Waals surface area contributed by atoms with Crippen molar-refractivity contribution < 1.29 is 9.53 Å². The third kappa shape index (κ3) is 10.2. The Labute approximate surface area is 161 Å². The molecule has 1 aliphatic rings. The summed E-state index contributed by atoms with van der Waals surface area (Å²) in [6.07, 6.45) is 3.99. The molecule has 1 saturated carbocycles. The number of guanidine groups is 1. The van der Waals surface area contributed by atoms with Gasteiger partial charge in [-0.05, 0) is 39.9 Å². The van der Waals surface area contributed by atoms with E-state index in [9.17, 15) is 4.79 Å². The van der Waals surface area contributed by atoms with E-state index in [0.717, 1.165) is 31.1 Å². The van der Waals surface area contributed by atoms with Crippen molar-refractivity contribution in [1.29, 1.82) is 0 Å². The van der Waals surface area contributed by atoms with Crippen molar-refractivity contribution in [2.45, 2.75) is 45.3 Å². The Balaban J connectivity index is 0.00000484. The highest BCUT2D eigenvalue weighted by Gasteiger charge is 2.34. The van der Waals surface area contributed by atoms with E-state index in [0.29, 0.717) is 19.1 Å². The van der Waals surface area contributed by atoms with E-state index >= 15 is 0 Å². The van der Waals surface area contributed by atoms with Gasteiger partial charge in [-0.25, -0.2) is 4.79 Å². The standard InChI is InChI=1S/C15H30N4O2S.HI/c1-15(2,3)21-14(20)19(12-6-7-12)10-8-17-13(16-4)18-9-11-22-5;/h12H,6-11H2,1-5H3,(H2,16,17,18);1H. The SMILES string of the molecule is CN=C(NCCSC)NCCN(C(=O)OC(C)(C)C)C1CC1.I. The fraction of sp³-hybridized carbons (Fsp3) is 0.867. The molecule has 0 radical (unpaired) electrons. The van der Waals surface area contributed by atoms with Gasteiger partial charge in [0, 0.05) is 38.5 Å². The number of ether oxygens (including phenoxy) is 1. The molecule has 0 heterocycles. The van der Waals surface area contributed by atoms with Gasteiger partial charge >= 0.3 is 6.09 Å². The Morgan fingerprint density at radius 3 is 2.39 bits per heavy atom. The molecule has 6 nitrogen and oxygen atoms in total. The maximum Gasteiger partial charge on any atom is 0.410 e. The summed E-state index contributed by atoms with van der Waals surface area (Å²) < 4.78 is 5.48. The lowest BCUT2D eigenvalue weighted by molar-refractivity contribution is 0.0238. The van der Waals surface area contributed by atoms with E-state index in [1.807, 2.05) is 25.7 Å². The molecule has 0 aromatic carbocycles. The zero-order chi connectivity index (χ0) is 16.6. The molecule has 1 amide bonds. The van der Waals surface area contributed by atoms with Crippen molar-refractivity contribution in [3.63, 3.8) is 0 Å². The van der Waals surface area contributed by atoms with Crippen molar-refractivity contribution >= 4 is 47.8 Å². The zero-order valence-corrected chi connectivity index (χ0v) is 18.0. The molecule has 0 aromatic heterocycles. The predicted octanol–water partition coefficient (Wildman–Crippen LogP) is 2.53. The average Bonchev–Trinajstić information content (AvgIpc) is 3.24. The van der Waals surface area contributed by atoms with Gasteiger partial charge in [0.25, 0.3) is 0 Å². The number of hydrogen-bond acceptors (Lipinski definition) is 4. The second-order valence-corrected chi connectivity index (χ2v) is 7.31. The van der Waals surface area contributed by atoms with Crippen molar-refractivity contribution in [3.05, 3.63) is 0 Å². The number of carbonyl (C=O) groups excluding carboxylic acids is 1. The lowest BCUT2D eigenvalue weighted by atomic mass is 10.2. The van der Waals surface area contributed by atoms with Crippen LogP contribution < -0.4 is 10.6 Å². The van der Waals surface area contributed by atoms with Gasteiger partial charge in [-0.2, -0.15) is 11.8 Å². The van der Waals surface area contributed by atoms with Crippen LogP contribution in [0.1, 0.15) is 33.6 Å². The smallest absolute Gasteiger partial charge is 0.410 e. The van der Waals surface area contributed by atoms with Gasteiger partial charge in [-0.15, -0.1) is 24.0 Å².